The molecule has 1 aromatic carbocycles. The van der Waals surface area contributed by atoms with Gasteiger partial charge in [-0.2, -0.15) is 0 Å². The first-order valence-electron chi connectivity index (χ1n) is 2.93. The third-order valence-electron chi connectivity index (χ3n) is 1.16. The van der Waals surface area contributed by atoms with Gasteiger partial charge in [-0.3, -0.25) is 4.79 Å². The summed E-state index contributed by atoms with van der Waals surface area (Å²) in [7, 11) is 0. The lowest BCUT2D eigenvalue weighted by molar-refractivity contribution is -0.120. The molecule has 0 saturated carbocycles. The minimum atomic E-state index is -0.221. The van der Waals surface area contributed by atoms with Gasteiger partial charge >= 0.3 is 0 Å². The number of phenolic OH excluding ortho intramolecular Hbond substituents is 1. The van der Waals surface area contributed by atoms with Crippen molar-refractivity contribution >= 4 is 29.7 Å². The smallest absolute Gasteiger partial charge is 0.298 e. The third kappa shape index (κ3) is 1.81. The van der Waals surface area contributed by atoms with Crippen LogP contribution in [-0.2, 0) is 4.79 Å². The van der Waals surface area contributed by atoms with Crippen molar-refractivity contribution in [2.24, 2.45) is 0 Å². The minimum Gasteiger partial charge on any atom is -0.506 e. The number of hydrogen-bond donors (Lipinski definition) is 1. The zero-order chi connectivity index (χ0) is 9.14. The fourth-order valence-electron chi connectivity index (χ4n) is 0.688. The van der Waals surface area contributed by atoms with Crippen LogP contribution in [0.5, 0.6) is 11.5 Å². The molecule has 0 aliphatic rings. The second kappa shape index (κ2) is 3.65. The summed E-state index contributed by atoms with van der Waals surface area (Å²) < 4.78 is 4.44. The van der Waals surface area contributed by atoms with Crippen molar-refractivity contribution in [3.8, 4) is 11.5 Å². The third-order valence-corrected chi connectivity index (χ3v) is 1.76. The predicted octanol–water partition coefficient (Wildman–Crippen LogP) is 2.23. The van der Waals surface area contributed by atoms with Crippen molar-refractivity contribution in [2.75, 3.05) is 0 Å². The predicted molar refractivity (Wildman–Crippen MR) is 44.8 cm³/mol. The Morgan fingerprint density at radius 1 is 1.42 bits per heavy atom. The van der Waals surface area contributed by atoms with E-state index in [9.17, 15) is 4.79 Å². The lowest BCUT2D eigenvalue weighted by atomic mass is 10.3. The van der Waals surface area contributed by atoms with E-state index in [2.05, 4.69) is 4.74 Å². The Morgan fingerprint density at radius 2 is 2.08 bits per heavy atom. The summed E-state index contributed by atoms with van der Waals surface area (Å²) in [5.41, 5.74) is 0. The molecule has 0 saturated heterocycles. The summed E-state index contributed by atoms with van der Waals surface area (Å²) in [6.45, 7) is 0.205. The number of carbonyl (C=O) groups excluding carboxylic acids is 1. The fraction of sp³-hybridized carbons (Fsp3) is 0. The second-order valence-corrected chi connectivity index (χ2v) is 2.77. The highest BCUT2D eigenvalue weighted by Gasteiger charge is 2.08. The van der Waals surface area contributed by atoms with E-state index in [1.165, 1.54) is 12.1 Å². The Labute approximate surface area is 78.5 Å². The van der Waals surface area contributed by atoms with Gasteiger partial charge in [0.1, 0.15) is 10.8 Å². The van der Waals surface area contributed by atoms with Gasteiger partial charge in [0.25, 0.3) is 6.47 Å². The summed E-state index contributed by atoms with van der Waals surface area (Å²) in [6, 6.07) is 2.58. The van der Waals surface area contributed by atoms with Crippen molar-refractivity contribution in [1.29, 1.82) is 0 Å². The molecule has 12 heavy (non-hydrogen) atoms. The van der Waals surface area contributed by atoms with Gasteiger partial charge in [-0.05, 0) is 0 Å². The lowest BCUT2D eigenvalue weighted by Gasteiger charge is -2.03. The quantitative estimate of drug-likeness (QED) is 0.756. The fourth-order valence-corrected chi connectivity index (χ4v) is 1.04. The molecule has 0 heterocycles. The van der Waals surface area contributed by atoms with E-state index in [0.717, 1.165) is 0 Å². The molecular formula is C7H4Cl2O3. The van der Waals surface area contributed by atoms with Crippen LogP contribution in [0.15, 0.2) is 12.1 Å². The van der Waals surface area contributed by atoms with Crippen LogP contribution < -0.4 is 4.74 Å². The van der Waals surface area contributed by atoms with Gasteiger partial charge in [-0.25, -0.2) is 0 Å². The van der Waals surface area contributed by atoms with E-state index in [0.29, 0.717) is 0 Å². The van der Waals surface area contributed by atoms with Gasteiger partial charge in [-0.15, -0.1) is 0 Å². The number of halogens is 2. The second-order valence-electron chi connectivity index (χ2n) is 1.95. The van der Waals surface area contributed by atoms with Crippen molar-refractivity contribution in [2.45, 2.75) is 0 Å². The molecule has 1 aromatic rings. The molecule has 5 heteroatoms. The maximum Gasteiger partial charge on any atom is 0.298 e. The molecule has 0 amide bonds. The SMILES string of the molecule is O=COc1cc(Cl)cc(O)c1Cl. The topological polar surface area (TPSA) is 46.5 Å². The van der Waals surface area contributed by atoms with E-state index in [1.807, 2.05) is 0 Å². The summed E-state index contributed by atoms with van der Waals surface area (Å²) >= 11 is 11.1. The molecule has 64 valence electrons. The van der Waals surface area contributed by atoms with Crippen LogP contribution in [0.1, 0.15) is 0 Å². The molecule has 0 aromatic heterocycles. The molecule has 0 spiro atoms. The summed E-state index contributed by atoms with van der Waals surface area (Å²) in [4.78, 5) is 9.94. The molecule has 0 atom stereocenters. The highest BCUT2D eigenvalue weighted by atomic mass is 35.5. The average molecular weight is 207 g/mol. The van der Waals surface area contributed by atoms with Gasteiger partial charge in [0.05, 0.1) is 0 Å². The Balaban J connectivity index is 3.17. The Morgan fingerprint density at radius 3 is 2.67 bits per heavy atom. The zero-order valence-corrected chi connectivity index (χ0v) is 7.26. The molecule has 3 nitrogen and oxygen atoms in total. The highest BCUT2D eigenvalue weighted by Crippen LogP contribution is 2.35. The Kier molecular flexibility index (Phi) is 2.78. The zero-order valence-electron chi connectivity index (χ0n) is 5.75. The van der Waals surface area contributed by atoms with Crippen LogP contribution in [-0.4, -0.2) is 11.6 Å². The number of rotatable bonds is 2. The summed E-state index contributed by atoms with van der Waals surface area (Å²) in [5.74, 6) is -0.183. The molecule has 0 radical (unpaired) electrons. The number of hydrogen-bond acceptors (Lipinski definition) is 3. The van der Waals surface area contributed by atoms with Gasteiger partial charge < -0.3 is 9.84 Å². The minimum absolute atomic E-state index is 0.0356. The molecule has 0 aliphatic carbocycles. The van der Waals surface area contributed by atoms with Gasteiger partial charge in [-0.1, -0.05) is 23.2 Å². The number of benzene rings is 1. The van der Waals surface area contributed by atoms with Crippen LogP contribution in [0.25, 0.3) is 0 Å². The first-order valence-corrected chi connectivity index (χ1v) is 3.69. The van der Waals surface area contributed by atoms with E-state index in [-0.39, 0.29) is 28.0 Å². The number of phenols is 1. The largest absolute Gasteiger partial charge is 0.506 e. The van der Waals surface area contributed by atoms with Crippen LogP contribution in [0.4, 0.5) is 0 Å². The van der Waals surface area contributed by atoms with Crippen molar-refractivity contribution in [1.82, 2.24) is 0 Å². The number of aromatic hydroxyl groups is 1. The molecule has 1 N–H and O–H groups in total. The van der Waals surface area contributed by atoms with E-state index in [4.69, 9.17) is 28.3 Å². The maximum atomic E-state index is 9.94. The molecule has 0 bridgehead atoms. The van der Waals surface area contributed by atoms with Crippen molar-refractivity contribution in [3.63, 3.8) is 0 Å². The summed E-state index contributed by atoms with van der Waals surface area (Å²) in [6.07, 6.45) is 0. The molecule has 0 aliphatic heterocycles. The molecule has 1 rings (SSSR count). The monoisotopic (exact) mass is 206 g/mol. The average Bonchev–Trinajstić information content (AvgIpc) is 2.00. The normalized spacial score (nSPS) is 9.50. The van der Waals surface area contributed by atoms with E-state index < -0.39 is 0 Å². The van der Waals surface area contributed by atoms with Gasteiger partial charge in [0.2, 0.25) is 0 Å². The standard InChI is InChI=1S/C7H4Cl2O3/c8-4-1-5(11)7(9)6(2-4)12-3-10/h1-3,11H. The molecular weight excluding hydrogens is 203 g/mol. The first-order chi connectivity index (χ1) is 5.65. The van der Waals surface area contributed by atoms with Crippen LogP contribution in [0, 0.1) is 0 Å². The van der Waals surface area contributed by atoms with Crippen molar-refractivity contribution in [3.05, 3.63) is 22.2 Å². The lowest BCUT2D eigenvalue weighted by Crippen LogP contribution is -1.89. The van der Waals surface area contributed by atoms with Crippen LogP contribution in [0.2, 0.25) is 10.0 Å². The number of ether oxygens (including phenoxy) is 1. The first kappa shape index (κ1) is 9.16. The van der Waals surface area contributed by atoms with Crippen molar-refractivity contribution < 1.29 is 14.6 Å². The van der Waals surface area contributed by atoms with Gasteiger partial charge in [0.15, 0.2) is 5.75 Å². The highest BCUT2D eigenvalue weighted by molar-refractivity contribution is 6.35. The Hall–Kier alpha value is -0.930. The van der Waals surface area contributed by atoms with Gasteiger partial charge in [0, 0.05) is 17.2 Å². The Bertz CT molecular complexity index is 312. The number of carbonyl (C=O) groups is 1. The maximum absolute atomic E-state index is 9.94. The van der Waals surface area contributed by atoms with E-state index in [1.54, 1.807) is 0 Å². The van der Waals surface area contributed by atoms with E-state index >= 15 is 0 Å². The van der Waals surface area contributed by atoms with Crippen LogP contribution in [0.3, 0.4) is 0 Å². The summed E-state index contributed by atoms with van der Waals surface area (Å²) in [5, 5.41) is 9.30. The molecule has 0 fully saturated rings. The molecule has 0 unspecified atom stereocenters. The van der Waals surface area contributed by atoms with Crippen LogP contribution >= 0.6 is 23.2 Å².